The number of hydrogen-bond donors (Lipinski definition) is 1. The molecule has 0 saturated heterocycles. The van der Waals surface area contributed by atoms with Crippen LogP contribution in [0.25, 0.3) is 0 Å². The van der Waals surface area contributed by atoms with Gasteiger partial charge in [0.05, 0.1) is 0 Å². The highest BCUT2D eigenvalue weighted by Crippen LogP contribution is 2.25. The average molecular weight is 181 g/mol. The molecule has 0 aliphatic carbocycles. The zero-order chi connectivity index (χ0) is 10.1. The topological polar surface area (TPSA) is 26.0 Å². The first kappa shape index (κ1) is 10.2. The SMILES string of the molecule is Cc1ccc(C(C)(F)CN)cc1C. The average Bonchev–Trinajstić information content (AvgIpc) is 2.09. The molecule has 0 aliphatic rings. The summed E-state index contributed by atoms with van der Waals surface area (Å²) in [4.78, 5) is 0. The molecular formula is C11H16FN. The summed E-state index contributed by atoms with van der Waals surface area (Å²) in [6.45, 7) is 5.52. The van der Waals surface area contributed by atoms with Crippen molar-refractivity contribution in [2.24, 2.45) is 5.73 Å². The highest BCUT2D eigenvalue weighted by Gasteiger charge is 2.23. The number of alkyl halides is 1. The Morgan fingerprint density at radius 2 is 1.92 bits per heavy atom. The van der Waals surface area contributed by atoms with Crippen molar-refractivity contribution in [1.29, 1.82) is 0 Å². The molecule has 1 unspecified atom stereocenters. The zero-order valence-corrected chi connectivity index (χ0v) is 8.39. The molecule has 0 radical (unpaired) electrons. The van der Waals surface area contributed by atoms with Gasteiger partial charge in [-0.3, -0.25) is 0 Å². The van der Waals surface area contributed by atoms with Crippen LogP contribution in [0, 0.1) is 13.8 Å². The molecule has 0 heterocycles. The van der Waals surface area contributed by atoms with E-state index in [0.29, 0.717) is 5.56 Å². The molecule has 1 rings (SSSR count). The quantitative estimate of drug-likeness (QED) is 0.745. The van der Waals surface area contributed by atoms with Gasteiger partial charge in [-0.1, -0.05) is 18.2 Å². The number of halogens is 1. The van der Waals surface area contributed by atoms with Crippen molar-refractivity contribution in [2.75, 3.05) is 6.54 Å². The van der Waals surface area contributed by atoms with E-state index in [1.807, 2.05) is 26.0 Å². The van der Waals surface area contributed by atoms with Gasteiger partial charge in [-0.05, 0) is 37.5 Å². The van der Waals surface area contributed by atoms with Crippen molar-refractivity contribution >= 4 is 0 Å². The lowest BCUT2D eigenvalue weighted by Crippen LogP contribution is -2.26. The number of benzene rings is 1. The Labute approximate surface area is 78.8 Å². The highest BCUT2D eigenvalue weighted by atomic mass is 19.1. The minimum Gasteiger partial charge on any atom is -0.327 e. The number of hydrogen-bond acceptors (Lipinski definition) is 1. The maximum absolute atomic E-state index is 13.7. The van der Waals surface area contributed by atoms with Crippen molar-refractivity contribution in [3.8, 4) is 0 Å². The third kappa shape index (κ3) is 2.07. The van der Waals surface area contributed by atoms with E-state index in [0.717, 1.165) is 5.56 Å². The molecule has 0 spiro atoms. The maximum Gasteiger partial charge on any atom is 0.145 e. The Morgan fingerprint density at radius 1 is 1.31 bits per heavy atom. The van der Waals surface area contributed by atoms with E-state index < -0.39 is 5.67 Å². The van der Waals surface area contributed by atoms with Crippen LogP contribution in [0.5, 0.6) is 0 Å². The van der Waals surface area contributed by atoms with Crippen LogP contribution in [-0.4, -0.2) is 6.54 Å². The van der Waals surface area contributed by atoms with Gasteiger partial charge in [-0.2, -0.15) is 0 Å². The summed E-state index contributed by atoms with van der Waals surface area (Å²) < 4.78 is 13.7. The van der Waals surface area contributed by atoms with Crippen LogP contribution in [0.4, 0.5) is 4.39 Å². The minimum absolute atomic E-state index is 0.0233. The molecule has 1 nitrogen and oxygen atoms in total. The Morgan fingerprint density at radius 3 is 2.38 bits per heavy atom. The van der Waals surface area contributed by atoms with Gasteiger partial charge in [0.25, 0.3) is 0 Å². The molecule has 1 aromatic carbocycles. The van der Waals surface area contributed by atoms with Gasteiger partial charge in [0.15, 0.2) is 0 Å². The first-order valence-corrected chi connectivity index (χ1v) is 4.44. The largest absolute Gasteiger partial charge is 0.327 e. The Hall–Kier alpha value is -0.890. The van der Waals surface area contributed by atoms with Gasteiger partial charge in [0.1, 0.15) is 5.67 Å². The lowest BCUT2D eigenvalue weighted by molar-refractivity contribution is 0.203. The summed E-state index contributed by atoms with van der Waals surface area (Å²) in [5, 5.41) is 0. The van der Waals surface area contributed by atoms with E-state index in [1.54, 1.807) is 6.07 Å². The van der Waals surface area contributed by atoms with Crippen LogP contribution < -0.4 is 5.73 Å². The second kappa shape index (κ2) is 3.46. The molecule has 0 aliphatic heterocycles. The summed E-state index contributed by atoms with van der Waals surface area (Å²) in [6.07, 6.45) is 0. The van der Waals surface area contributed by atoms with Crippen molar-refractivity contribution in [1.82, 2.24) is 0 Å². The molecule has 72 valence electrons. The van der Waals surface area contributed by atoms with Gasteiger partial charge in [0, 0.05) is 6.54 Å². The lowest BCUT2D eigenvalue weighted by atomic mass is 9.95. The van der Waals surface area contributed by atoms with Crippen LogP contribution in [0.2, 0.25) is 0 Å². The van der Waals surface area contributed by atoms with E-state index in [2.05, 4.69) is 0 Å². The van der Waals surface area contributed by atoms with Gasteiger partial charge in [-0.15, -0.1) is 0 Å². The first-order valence-electron chi connectivity index (χ1n) is 4.44. The third-order valence-electron chi connectivity index (χ3n) is 2.49. The summed E-state index contributed by atoms with van der Waals surface area (Å²) >= 11 is 0. The molecule has 13 heavy (non-hydrogen) atoms. The van der Waals surface area contributed by atoms with Crippen LogP contribution in [0.1, 0.15) is 23.6 Å². The van der Waals surface area contributed by atoms with E-state index in [1.165, 1.54) is 12.5 Å². The summed E-state index contributed by atoms with van der Waals surface area (Å²) in [6, 6.07) is 5.59. The minimum atomic E-state index is -1.40. The second-order valence-corrected chi connectivity index (χ2v) is 3.70. The van der Waals surface area contributed by atoms with E-state index in [-0.39, 0.29) is 6.54 Å². The Kier molecular flexibility index (Phi) is 2.71. The molecule has 0 amide bonds. The summed E-state index contributed by atoms with van der Waals surface area (Å²) in [7, 11) is 0. The van der Waals surface area contributed by atoms with E-state index >= 15 is 0 Å². The van der Waals surface area contributed by atoms with Crippen LogP contribution >= 0.6 is 0 Å². The van der Waals surface area contributed by atoms with E-state index in [4.69, 9.17) is 5.73 Å². The smallest absolute Gasteiger partial charge is 0.145 e. The molecule has 0 aromatic heterocycles. The molecule has 2 heteroatoms. The van der Waals surface area contributed by atoms with Crippen molar-refractivity contribution in [2.45, 2.75) is 26.4 Å². The van der Waals surface area contributed by atoms with Gasteiger partial charge < -0.3 is 5.73 Å². The Bertz CT molecular complexity index is 305. The molecule has 1 aromatic rings. The van der Waals surface area contributed by atoms with Gasteiger partial charge >= 0.3 is 0 Å². The standard InChI is InChI=1S/C11H16FN/c1-8-4-5-10(6-9(8)2)11(3,12)7-13/h4-6H,7,13H2,1-3H3. The highest BCUT2D eigenvalue weighted by molar-refractivity contribution is 5.33. The van der Waals surface area contributed by atoms with Crippen LogP contribution in [-0.2, 0) is 5.67 Å². The van der Waals surface area contributed by atoms with Crippen molar-refractivity contribution in [3.63, 3.8) is 0 Å². The monoisotopic (exact) mass is 181 g/mol. The second-order valence-electron chi connectivity index (χ2n) is 3.70. The molecule has 0 fully saturated rings. The number of aryl methyl sites for hydroxylation is 2. The van der Waals surface area contributed by atoms with Gasteiger partial charge in [-0.25, -0.2) is 4.39 Å². The fourth-order valence-corrected chi connectivity index (χ4v) is 1.18. The molecule has 0 bridgehead atoms. The number of rotatable bonds is 2. The molecular weight excluding hydrogens is 165 g/mol. The lowest BCUT2D eigenvalue weighted by Gasteiger charge is -2.19. The first-order chi connectivity index (χ1) is 5.97. The maximum atomic E-state index is 13.7. The number of nitrogens with two attached hydrogens (primary N) is 1. The fourth-order valence-electron chi connectivity index (χ4n) is 1.18. The molecule has 2 N–H and O–H groups in total. The predicted octanol–water partition coefficient (Wildman–Crippen LogP) is 2.45. The third-order valence-corrected chi connectivity index (χ3v) is 2.49. The fraction of sp³-hybridized carbons (Fsp3) is 0.455. The zero-order valence-electron chi connectivity index (χ0n) is 8.39. The molecule has 1 atom stereocenters. The Balaban J connectivity index is 3.10. The predicted molar refractivity (Wildman–Crippen MR) is 53.4 cm³/mol. The molecule has 0 saturated carbocycles. The van der Waals surface area contributed by atoms with Crippen LogP contribution in [0.3, 0.4) is 0 Å². The summed E-state index contributed by atoms with van der Waals surface area (Å²) in [5.41, 5.74) is 6.90. The van der Waals surface area contributed by atoms with Crippen molar-refractivity contribution in [3.05, 3.63) is 34.9 Å². The normalized spacial score (nSPS) is 15.5. The summed E-state index contributed by atoms with van der Waals surface area (Å²) in [5.74, 6) is 0. The van der Waals surface area contributed by atoms with E-state index in [9.17, 15) is 4.39 Å². The van der Waals surface area contributed by atoms with Crippen molar-refractivity contribution < 1.29 is 4.39 Å². The van der Waals surface area contributed by atoms with Gasteiger partial charge in [0.2, 0.25) is 0 Å². The van der Waals surface area contributed by atoms with Crippen LogP contribution in [0.15, 0.2) is 18.2 Å².